The van der Waals surface area contributed by atoms with E-state index < -0.39 is 0 Å². The van der Waals surface area contributed by atoms with Gasteiger partial charge in [0.15, 0.2) is 5.96 Å². The minimum absolute atomic E-state index is 0.685. The lowest BCUT2D eigenvalue weighted by molar-refractivity contribution is 0.295. The van der Waals surface area contributed by atoms with Crippen molar-refractivity contribution in [3.05, 3.63) is 35.4 Å². The van der Waals surface area contributed by atoms with Crippen molar-refractivity contribution in [1.82, 2.24) is 4.90 Å². The molecule has 17 heavy (non-hydrogen) atoms. The van der Waals surface area contributed by atoms with E-state index in [2.05, 4.69) is 40.4 Å². The molecule has 2 N–H and O–H groups in total. The predicted molar refractivity (Wildman–Crippen MR) is 75.2 cm³/mol. The second-order valence-electron chi connectivity index (χ2n) is 4.27. The predicted octanol–water partition coefficient (Wildman–Crippen LogP) is 2.07. The summed E-state index contributed by atoms with van der Waals surface area (Å²) >= 11 is 1.84. The lowest BCUT2D eigenvalue weighted by atomic mass is 10.1. The summed E-state index contributed by atoms with van der Waals surface area (Å²) in [6.45, 7) is 2.80. The molecule has 0 aliphatic carbocycles. The summed E-state index contributed by atoms with van der Waals surface area (Å²) in [5.74, 6) is 1.74. The van der Waals surface area contributed by atoms with Gasteiger partial charge in [-0.15, -0.1) is 0 Å². The Morgan fingerprint density at radius 3 is 2.82 bits per heavy atom. The molecule has 3 nitrogen and oxygen atoms in total. The van der Waals surface area contributed by atoms with Crippen molar-refractivity contribution in [1.29, 1.82) is 0 Å². The Morgan fingerprint density at radius 1 is 1.41 bits per heavy atom. The van der Waals surface area contributed by atoms with E-state index in [0.29, 0.717) is 12.5 Å². The number of aliphatic imine (C=N–C) groups is 1. The average molecular weight is 249 g/mol. The molecule has 0 amide bonds. The molecule has 2 rings (SSSR count). The molecule has 0 saturated carbocycles. The zero-order valence-electron chi connectivity index (χ0n) is 10.2. The molecule has 0 aromatic heterocycles. The first-order valence-corrected chi connectivity index (χ1v) is 7.30. The van der Waals surface area contributed by atoms with E-state index in [1.807, 2.05) is 11.8 Å². The topological polar surface area (TPSA) is 41.6 Å². The number of thioether (sulfide) groups is 1. The van der Waals surface area contributed by atoms with Crippen LogP contribution in [-0.4, -0.2) is 30.2 Å². The van der Waals surface area contributed by atoms with Crippen LogP contribution < -0.4 is 5.73 Å². The molecule has 92 valence electrons. The maximum absolute atomic E-state index is 5.90. The molecule has 1 heterocycles. The maximum Gasteiger partial charge on any atom is 0.191 e. The van der Waals surface area contributed by atoms with E-state index in [-0.39, 0.29) is 0 Å². The van der Waals surface area contributed by atoms with E-state index in [0.717, 1.165) is 18.8 Å². The second-order valence-corrected chi connectivity index (χ2v) is 5.13. The highest BCUT2D eigenvalue weighted by atomic mass is 32.2. The molecule has 0 radical (unpaired) electrons. The standard InChI is InChI=1S/C13H19N3S/c1-17-10-12-5-2-4-11(8-12)9-15-13(14)16-6-3-7-16/h2,4-5,8H,3,6-7,9-10H2,1H3,(H2,14,15). The normalized spacial score (nSPS) is 15.8. The van der Waals surface area contributed by atoms with Crippen molar-refractivity contribution in [2.45, 2.75) is 18.7 Å². The molecule has 1 fully saturated rings. The molecule has 0 spiro atoms. The van der Waals surface area contributed by atoms with Crippen LogP contribution in [0.5, 0.6) is 0 Å². The fourth-order valence-corrected chi connectivity index (χ4v) is 2.31. The van der Waals surface area contributed by atoms with Gasteiger partial charge in [-0.3, -0.25) is 0 Å². The summed E-state index contributed by atoms with van der Waals surface area (Å²) in [5, 5.41) is 0. The van der Waals surface area contributed by atoms with Crippen LogP contribution in [0, 0.1) is 0 Å². The largest absolute Gasteiger partial charge is 0.370 e. The first-order chi connectivity index (χ1) is 8.29. The first-order valence-electron chi connectivity index (χ1n) is 5.91. The van der Waals surface area contributed by atoms with Gasteiger partial charge >= 0.3 is 0 Å². The van der Waals surface area contributed by atoms with Crippen LogP contribution in [0.15, 0.2) is 29.3 Å². The zero-order valence-corrected chi connectivity index (χ0v) is 11.0. The third-order valence-electron chi connectivity index (χ3n) is 2.91. The quantitative estimate of drug-likeness (QED) is 0.656. The Morgan fingerprint density at radius 2 is 2.18 bits per heavy atom. The van der Waals surface area contributed by atoms with Crippen LogP contribution in [0.25, 0.3) is 0 Å². The fourth-order valence-electron chi connectivity index (χ4n) is 1.80. The van der Waals surface area contributed by atoms with E-state index in [1.165, 1.54) is 17.5 Å². The Labute approximate surface area is 107 Å². The first kappa shape index (κ1) is 12.3. The number of nitrogens with two attached hydrogens (primary N) is 1. The molecule has 4 heteroatoms. The molecule has 1 aliphatic heterocycles. The zero-order chi connectivity index (χ0) is 12.1. The van der Waals surface area contributed by atoms with Gasteiger partial charge in [0.1, 0.15) is 0 Å². The van der Waals surface area contributed by atoms with Crippen LogP contribution in [-0.2, 0) is 12.3 Å². The molecule has 1 aliphatic rings. The van der Waals surface area contributed by atoms with Crippen molar-refractivity contribution >= 4 is 17.7 Å². The number of hydrogen-bond donors (Lipinski definition) is 1. The molecule has 1 aromatic rings. The summed E-state index contributed by atoms with van der Waals surface area (Å²) in [6.07, 6.45) is 3.35. The minimum Gasteiger partial charge on any atom is -0.370 e. The van der Waals surface area contributed by atoms with E-state index in [1.54, 1.807) is 0 Å². The van der Waals surface area contributed by atoms with Gasteiger partial charge in [-0.1, -0.05) is 24.3 Å². The summed E-state index contributed by atoms with van der Waals surface area (Å²) in [6, 6.07) is 8.57. The Hall–Kier alpha value is -1.16. The van der Waals surface area contributed by atoms with Crippen molar-refractivity contribution in [2.24, 2.45) is 10.7 Å². The number of likely N-dealkylation sites (tertiary alicyclic amines) is 1. The van der Waals surface area contributed by atoms with E-state index in [4.69, 9.17) is 5.73 Å². The smallest absolute Gasteiger partial charge is 0.191 e. The summed E-state index contributed by atoms with van der Waals surface area (Å²) < 4.78 is 0. The van der Waals surface area contributed by atoms with Crippen LogP contribution in [0.2, 0.25) is 0 Å². The van der Waals surface area contributed by atoms with Crippen LogP contribution in [0.4, 0.5) is 0 Å². The fraction of sp³-hybridized carbons (Fsp3) is 0.462. The number of guanidine groups is 1. The van der Waals surface area contributed by atoms with Gasteiger partial charge in [-0.25, -0.2) is 4.99 Å². The van der Waals surface area contributed by atoms with Crippen LogP contribution in [0.3, 0.4) is 0 Å². The second kappa shape index (κ2) is 5.96. The van der Waals surface area contributed by atoms with Gasteiger partial charge < -0.3 is 10.6 Å². The highest BCUT2D eigenvalue weighted by molar-refractivity contribution is 7.97. The monoisotopic (exact) mass is 249 g/mol. The van der Waals surface area contributed by atoms with Crippen molar-refractivity contribution in [3.63, 3.8) is 0 Å². The number of nitrogens with zero attached hydrogens (tertiary/aromatic N) is 2. The SMILES string of the molecule is CSCc1cccc(CN=C(N)N2CCC2)c1. The Bertz CT molecular complexity index is 399. The van der Waals surface area contributed by atoms with Gasteiger partial charge in [-0.2, -0.15) is 11.8 Å². The van der Waals surface area contributed by atoms with Gasteiger partial charge in [-0.05, 0) is 23.8 Å². The van der Waals surface area contributed by atoms with Crippen molar-refractivity contribution < 1.29 is 0 Å². The molecule has 0 unspecified atom stereocenters. The maximum atomic E-state index is 5.90. The highest BCUT2D eigenvalue weighted by Gasteiger charge is 2.15. The third kappa shape index (κ3) is 3.40. The summed E-state index contributed by atoms with van der Waals surface area (Å²) in [7, 11) is 0. The van der Waals surface area contributed by atoms with E-state index >= 15 is 0 Å². The Kier molecular flexibility index (Phi) is 4.31. The average Bonchev–Trinajstić information content (AvgIpc) is 2.25. The van der Waals surface area contributed by atoms with Gasteiger partial charge in [0.2, 0.25) is 0 Å². The lowest BCUT2D eigenvalue weighted by Gasteiger charge is -2.31. The molecular weight excluding hydrogens is 230 g/mol. The minimum atomic E-state index is 0.685. The summed E-state index contributed by atoms with van der Waals surface area (Å²) in [5.41, 5.74) is 8.49. The number of rotatable bonds is 4. The molecule has 1 aromatic carbocycles. The van der Waals surface area contributed by atoms with Gasteiger partial charge in [0.25, 0.3) is 0 Å². The van der Waals surface area contributed by atoms with Gasteiger partial charge in [0, 0.05) is 18.8 Å². The highest BCUT2D eigenvalue weighted by Crippen LogP contribution is 2.12. The third-order valence-corrected chi connectivity index (χ3v) is 3.53. The molecular formula is C13H19N3S. The van der Waals surface area contributed by atoms with Gasteiger partial charge in [0.05, 0.1) is 6.54 Å². The Balaban J connectivity index is 1.95. The number of benzene rings is 1. The van der Waals surface area contributed by atoms with Crippen LogP contribution >= 0.6 is 11.8 Å². The summed E-state index contributed by atoms with van der Waals surface area (Å²) in [4.78, 5) is 6.55. The van der Waals surface area contributed by atoms with Crippen molar-refractivity contribution in [2.75, 3.05) is 19.3 Å². The van der Waals surface area contributed by atoms with E-state index in [9.17, 15) is 0 Å². The molecule has 1 saturated heterocycles. The lowest BCUT2D eigenvalue weighted by Crippen LogP contribution is -2.46. The van der Waals surface area contributed by atoms with Crippen LogP contribution in [0.1, 0.15) is 17.5 Å². The molecule has 0 atom stereocenters. The van der Waals surface area contributed by atoms with Crippen molar-refractivity contribution in [3.8, 4) is 0 Å². The number of hydrogen-bond acceptors (Lipinski definition) is 2. The molecule has 0 bridgehead atoms.